The average Bonchev–Trinajstić information content (AvgIpc) is 2.30. The number of hydrogen-bond acceptors (Lipinski definition) is 2. The summed E-state index contributed by atoms with van der Waals surface area (Å²) in [7, 11) is 0. The molecule has 0 spiro atoms. The van der Waals surface area contributed by atoms with Gasteiger partial charge in [-0.1, -0.05) is 30.1 Å². The van der Waals surface area contributed by atoms with Gasteiger partial charge >= 0.3 is 0 Å². The van der Waals surface area contributed by atoms with E-state index < -0.39 is 0 Å². The van der Waals surface area contributed by atoms with E-state index in [-0.39, 0.29) is 11.6 Å². The van der Waals surface area contributed by atoms with E-state index in [1.54, 1.807) is 6.07 Å². The number of hydrogen-bond donors (Lipinski definition) is 1. The minimum Gasteiger partial charge on any atom is -0.489 e. The van der Waals surface area contributed by atoms with Crippen LogP contribution >= 0.6 is 23.2 Å². The van der Waals surface area contributed by atoms with E-state index in [4.69, 9.17) is 27.9 Å². The quantitative estimate of drug-likeness (QED) is 0.793. The highest BCUT2D eigenvalue weighted by Crippen LogP contribution is 2.33. The minimum absolute atomic E-state index is 0.0733. The van der Waals surface area contributed by atoms with Gasteiger partial charge in [0.2, 0.25) is 0 Å². The molecule has 0 amide bonds. The number of nitrogens with one attached hydrogen (secondary N) is 1. The zero-order chi connectivity index (χ0) is 14.6. The summed E-state index contributed by atoms with van der Waals surface area (Å²) in [5.74, 6) is 0.723. The molecular weight excluding hydrogens is 281 g/mol. The lowest BCUT2D eigenvalue weighted by atomic mass is 10.0. The Bertz CT molecular complexity index is 430. The second-order valence-electron chi connectivity index (χ2n) is 5.63. The van der Waals surface area contributed by atoms with Gasteiger partial charge < -0.3 is 10.1 Å². The third kappa shape index (κ3) is 5.21. The summed E-state index contributed by atoms with van der Waals surface area (Å²) in [5, 5.41) is 4.69. The van der Waals surface area contributed by atoms with Crippen LogP contribution in [0.4, 0.5) is 0 Å². The van der Waals surface area contributed by atoms with Crippen LogP contribution < -0.4 is 10.1 Å². The molecule has 108 valence electrons. The van der Waals surface area contributed by atoms with E-state index >= 15 is 0 Å². The Morgan fingerprint density at radius 1 is 1.26 bits per heavy atom. The van der Waals surface area contributed by atoms with Crippen LogP contribution in [-0.2, 0) is 6.54 Å². The van der Waals surface area contributed by atoms with Crippen LogP contribution in [0.2, 0.25) is 10.0 Å². The van der Waals surface area contributed by atoms with Gasteiger partial charge in [0.05, 0.1) is 11.1 Å². The lowest BCUT2D eigenvalue weighted by Crippen LogP contribution is -2.37. The Hall–Kier alpha value is -0.440. The molecule has 0 aliphatic carbocycles. The highest BCUT2D eigenvalue weighted by Gasteiger charge is 2.17. The maximum absolute atomic E-state index is 6.23. The molecule has 0 aliphatic rings. The van der Waals surface area contributed by atoms with Crippen molar-refractivity contribution < 1.29 is 4.74 Å². The number of benzene rings is 1. The molecule has 2 nitrogen and oxygen atoms in total. The Morgan fingerprint density at radius 3 is 2.42 bits per heavy atom. The van der Waals surface area contributed by atoms with Crippen molar-refractivity contribution in [3.8, 4) is 5.75 Å². The normalized spacial score (nSPS) is 12.0. The monoisotopic (exact) mass is 303 g/mol. The molecule has 0 fully saturated rings. The Morgan fingerprint density at radius 2 is 1.89 bits per heavy atom. The highest BCUT2D eigenvalue weighted by atomic mass is 35.5. The predicted octanol–water partition coefficient (Wildman–Crippen LogP) is 5.06. The van der Waals surface area contributed by atoms with Gasteiger partial charge in [0.15, 0.2) is 0 Å². The van der Waals surface area contributed by atoms with Crippen molar-refractivity contribution in [2.45, 2.75) is 59.2 Å². The first-order chi connectivity index (χ1) is 8.75. The van der Waals surface area contributed by atoms with Gasteiger partial charge in [-0.05, 0) is 46.2 Å². The summed E-state index contributed by atoms with van der Waals surface area (Å²) >= 11 is 12.3. The van der Waals surface area contributed by atoms with Crippen LogP contribution in [0.25, 0.3) is 0 Å². The van der Waals surface area contributed by atoms with Crippen molar-refractivity contribution in [2.24, 2.45) is 0 Å². The number of halogens is 2. The third-order valence-electron chi connectivity index (χ3n) is 3.08. The molecule has 0 saturated heterocycles. The van der Waals surface area contributed by atoms with Crippen LogP contribution in [0.5, 0.6) is 5.75 Å². The molecule has 0 heterocycles. The maximum atomic E-state index is 6.23. The third-order valence-corrected chi connectivity index (χ3v) is 3.58. The first-order valence-corrected chi connectivity index (χ1v) is 7.40. The molecule has 0 aliphatic heterocycles. The van der Waals surface area contributed by atoms with Gasteiger partial charge in [-0.15, -0.1) is 0 Å². The molecule has 1 N–H and O–H groups in total. The molecule has 1 rings (SSSR count). The second-order valence-corrected chi connectivity index (χ2v) is 6.48. The first-order valence-electron chi connectivity index (χ1n) is 6.64. The van der Waals surface area contributed by atoms with E-state index in [0.29, 0.717) is 16.6 Å². The second kappa shape index (κ2) is 6.83. The molecule has 1 aromatic rings. The lowest BCUT2D eigenvalue weighted by molar-refractivity contribution is 0.238. The summed E-state index contributed by atoms with van der Waals surface area (Å²) in [6.07, 6.45) is 1.12. The highest BCUT2D eigenvalue weighted by molar-refractivity contribution is 6.35. The zero-order valence-corrected chi connectivity index (χ0v) is 13.8. The SMILES string of the molecule is CCC(C)(C)NCc1cc(Cl)cc(Cl)c1OC(C)C. The van der Waals surface area contributed by atoms with E-state index in [2.05, 4.69) is 26.1 Å². The van der Waals surface area contributed by atoms with Crippen molar-refractivity contribution in [2.75, 3.05) is 0 Å². The topological polar surface area (TPSA) is 21.3 Å². The van der Waals surface area contributed by atoms with E-state index in [1.807, 2.05) is 19.9 Å². The zero-order valence-electron chi connectivity index (χ0n) is 12.3. The smallest absolute Gasteiger partial charge is 0.142 e. The summed E-state index contributed by atoms with van der Waals surface area (Å²) in [4.78, 5) is 0. The number of ether oxygens (including phenoxy) is 1. The molecule has 0 radical (unpaired) electrons. The van der Waals surface area contributed by atoms with Gasteiger partial charge in [0, 0.05) is 22.7 Å². The van der Waals surface area contributed by atoms with Gasteiger partial charge in [0.25, 0.3) is 0 Å². The van der Waals surface area contributed by atoms with Gasteiger partial charge in [-0.2, -0.15) is 0 Å². The fourth-order valence-electron chi connectivity index (χ4n) is 1.57. The molecule has 0 aromatic heterocycles. The first kappa shape index (κ1) is 16.6. The standard InChI is InChI=1S/C15H23Cl2NO/c1-6-15(4,5)18-9-11-7-12(16)8-13(17)14(11)19-10(2)3/h7-8,10,18H,6,9H2,1-5H3. The Balaban J connectivity index is 2.97. The molecule has 4 heteroatoms. The summed E-state index contributed by atoms with van der Waals surface area (Å²) < 4.78 is 5.80. The van der Waals surface area contributed by atoms with Crippen molar-refractivity contribution in [1.82, 2.24) is 5.32 Å². The van der Waals surface area contributed by atoms with E-state index in [1.165, 1.54) is 0 Å². The van der Waals surface area contributed by atoms with Crippen LogP contribution in [0.3, 0.4) is 0 Å². The van der Waals surface area contributed by atoms with Crippen LogP contribution in [0, 0.1) is 0 Å². The van der Waals surface area contributed by atoms with Crippen LogP contribution in [0.15, 0.2) is 12.1 Å². The summed E-state index contributed by atoms with van der Waals surface area (Å²) in [5.41, 5.74) is 1.07. The largest absolute Gasteiger partial charge is 0.489 e. The molecular formula is C15H23Cl2NO. The fourth-order valence-corrected chi connectivity index (χ4v) is 2.15. The molecule has 19 heavy (non-hydrogen) atoms. The number of rotatable bonds is 6. The van der Waals surface area contributed by atoms with Gasteiger partial charge in [0.1, 0.15) is 5.75 Å². The Labute approximate surface area is 126 Å². The molecule has 0 bridgehead atoms. The fraction of sp³-hybridized carbons (Fsp3) is 0.600. The van der Waals surface area contributed by atoms with Crippen LogP contribution in [-0.4, -0.2) is 11.6 Å². The average molecular weight is 304 g/mol. The van der Waals surface area contributed by atoms with Crippen molar-refractivity contribution >= 4 is 23.2 Å². The maximum Gasteiger partial charge on any atom is 0.142 e. The van der Waals surface area contributed by atoms with E-state index in [9.17, 15) is 0 Å². The lowest BCUT2D eigenvalue weighted by Gasteiger charge is -2.26. The van der Waals surface area contributed by atoms with Gasteiger partial charge in [-0.3, -0.25) is 0 Å². The van der Waals surface area contributed by atoms with Crippen LogP contribution in [0.1, 0.15) is 46.6 Å². The molecule has 1 aromatic carbocycles. The Kier molecular flexibility index (Phi) is 5.97. The molecule has 0 atom stereocenters. The molecule has 0 saturated carbocycles. The minimum atomic E-state index is 0.0733. The van der Waals surface area contributed by atoms with Crippen molar-refractivity contribution in [1.29, 1.82) is 0 Å². The van der Waals surface area contributed by atoms with Crippen molar-refractivity contribution in [3.05, 3.63) is 27.7 Å². The predicted molar refractivity (Wildman–Crippen MR) is 83.4 cm³/mol. The van der Waals surface area contributed by atoms with E-state index in [0.717, 1.165) is 17.7 Å². The van der Waals surface area contributed by atoms with Crippen molar-refractivity contribution in [3.63, 3.8) is 0 Å². The van der Waals surface area contributed by atoms with Gasteiger partial charge in [-0.25, -0.2) is 0 Å². The summed E-state index contributed by atoms with van der Waals surface area (Å²) in [6, 6.07) is 3.62. The summed E-state index contributed by atoms with van der Waals surface area (Å²) in [6.45, 7) is 11.1. The molecule has 0 unspecified atom stereocenters.